The molecule has 0 radical (unpaired) electrons. The first-order valence-corrected chi connectivity index (χ1v) is 4.43. The molecule has 0 aliphatic carbocycles. The molecule has 2 heteroatoms. The Morgan fingerprint density at radius 1 is 1.42 bits per heavy atom. The van der Waals surface area contributed by atoms with Gasteiger partial charge in [-0.2, -0.15) is 5.10 Å². The lowest BCUT2D eigenvalue weighted by Crippen LogP contribution is -2.23. The largest absolute Gasteiger partial charge is 0.267 e. The Hall–Kier alpha value is -0.790. The van der Waals surface area contributed by atoms with Crippen LogP contribution < -0.4 is 0 Å². The molecule has 0 amide bonds. The van der Waals surface area contributed by atoms with Gasteiger partial charge in [0, 0.05) is 11.9 Å². The smallest absolute Gasteiger partial charge is 0.0542 e. The van der Waals surface area contributed by atoms with Gasteiger partial charge < -0.3 is 0 Å². The van der Waals surface area contributed by atoms with Crippen LogP contribution in [0.2, 0.25) is 0 Å². The second-order valence-corrected chi connectivity index (χ2v) is 4.46. The van der Waals surface area contributed by atoms with Gasteiger partial charge in [-0.05, 0) is 25.3 Å². The van der Waals surface area contributed by atoms with Gasteiger partial charge in [0.2, 0.25) is 0 Å². The lowest BCUT2D eigenvalue weighted by atomic mass is 9.88. The summed E-state index contributed by atoms with van der Waals surface area (Å²) in [4.78, 5) is 0. The fraction of sp³-hybridized carbons (Fsp3) is 0.700. The average Bonchev–Trinajstić information content (AvgIpc) is 2.31. The molecule has 1 heterocycles. The highest BCUT2D eigenvalue weighted by Crippen LogP contribution is 2.29. The van der Waals surface area contributed by atoms with Crippen molar-refractivity contribution < 1.29 is 0 Å². The topological polar surface area (TPSA) is 17.8 Å². The van der Waals surface area contributed by atoms with Crippen LogP contribution in [-0.2, 0) is 0 Å². The summed E-state index contributed by atoms with van der Waals surface area (Å²) in [6.07, 6.45) is 1.86. The lowest BCUT2D eigenvalue weighted by Gasteiger charge is -2.28. The van der Waals surface area contributed by atoms with E-state index < -0.39 is 0 Å². The summed E-state index contributed by atoms with van der Waals surface area (Å²) >= 11 is 0. The third-order valence-electron chi connectivity index (χ3n) is 2.49. The fourth-order valence-electron chi connectivity index (χ4n) is 1.15. The number of aromatic nitrogens is 2. The summed E-state index contributed by atoms with van der Waals surface area (Å²) in [5.74, 6) is 0. The number of hydrogen-bond acceptors (Lipinski definition) is 1. The highest BCUT2D eigenvalue weighted by atomic mass is 15.3. The van der Waals surface area contributed by atoms with Gasteiger partial charge in [0.25, 0.3) is 0 Å². The Labute approximate surface area is 74.6 Å². The molecule has 0 saturated carbocycles. The number of aryl methyl sites for hydroxylation is 1. The van der Waals surface area contributed by atoms with Crippen molar-refractivity contribution in [3.63, 3.8) is 0 Å². The van der Waals surface area contributed by atoms with E-state index in [1.807, 2.05) is 12.3 Å². The molecule has 0 spiro atoms. The highest BCUT2D eigenvalue weighted by molar-refractivity contribution is 4.99. The molecule has 1 unspecified atom stereocenters. The lowest BCUT2D eigenvalue weighted by molar-refractivity contribution is 0.241. The van der Waals surface area contributed by atoms with E-state index in [2.05, 4.69) is 44.4 Å². The van der Waals surface area contributed by atoms with Crippen LogP contribution in [0.25, 0.3) is 0 Å². The van der Waals surface area contributed by atoms with Crippen LogP contribution >= 0.6 is 0 Å². The molecule has 0 aromatic carbocycles. The average molecular weight is 166 g/mol. The van der Waals surface area contributed by atoms with Crippen molar-refractivity contribution in [3.05, 3.63) is 18.0 Å². The first-order valence-electron chi connectivity index (χ1n) is 4.43. The van der Waals surface area contributed by atoms with E-state index in [0.717, 1.165) is 0 Å². The van der Waals surface area contributed by atoms with Crippen molar-refractivity contribution >= 4 is 0 Å². The minimum Gasteiger partial charge on any atom is -0.267 e. The predicted octanol–water partition coefficient (Wildman–Crippen LogP) is 2.80. The standard InChI is InChI=1S/C10H18N2/c1-8-6-7-11-12(8)9(2)10(3,4)5/h6-7,9H,1-5H3. The predicted molar refractivity (Wildman–Crippen MR) is 51.1 cm³/mol. The summed E-state index contributed by atoms with van der Waals surface area (Å²) in [5.41, 5.74) is 1.51. The molecule has 12 heavy (non-hydrogen) atoms. The van der Waals surface area contributed by atoms with Crippen molar-refractivity contribution in [2.45, 2.75) is 40.7 Å². The molecule has 0 aliphatic heterocycles. The minimum atomic E-state index is 0.275. The van der Waals surface area contributed by atoms with Gasteiger partial charge in [-0.25, -0.2) is 0 Å². The van der Waals surface area contributed by atoms with Crippen molar-refractivity contribution in [3.8, 4) is 0 Å². The fourth-order valence-corrected chi connectivity index (χ4v) is 1.15. The van der Waals surface area contributed by atoms with Gasteiger partial charge in [0.05, 0.1) is 6.04 Å². The van der Waals surface area contributed by atoms with Crippen molar-refractivity contribution in [2.24, 2.45) is 5.41 Å². The molecular weight excluding hydrogens is 148 g/mol. The maximum absolute atomic E-state index is 4.30. The van der Waals surface area contributed by atoms with E-state index in [-0.39, 0.29) is 5.41 Å². The van der Waals surface area contributed by atoms with Crippen LogP contribution in [0.1, 0.15) is 39.4 Å². The van der Waals surface area contributed by atoms with Gasteiger partial charge >= 0.3 is 0 Å². The second-order valence-electron chi connectivity index (χ2n) is 4.46. The molecule has 1 aromatic rings. The normalized spacial score (nSPS) is 14.8. The van der Waals surface area contributed by atoms with E-state index >= 15 is 0 Å². The molecule has 68 valence electrons. The van der Waals surface area contributed by atoms with Crippen LogP contribution in [0.4, 0.5) is 0 Å². The molecule has 2 nitrogen and oxygen atoms in total. The Bertz CT molecular complexity index is 255. The summed E-state index contributed by atoms with van der Waals surface area (Å²) in [7, 11) is 0. The van der Waals surface area contributed by atoms with Crippen LogP contribution in [0.15, 0.2) is 12.3 Å². The number of nitrogens with zero attached hydrogens (tertiary/aromatic N) is 2. The molecular formula is C10H18N2. The summed E-state index contributed by atoms with van der Waals surface area (Å²) in [5, 5.41) is 4.30. The van der Waals surface area contributed by atoms with Crippen LogP contribution in [0.5, 0.6) is 0 Å². The third kappa shape index (κ3) is 1.68. The monoisotopic (exact) mass is 166 g/mol. The van der Waals surface area contributed by atoms with E-state index in [4.69, 9.17) is 0 Å². The van der Waals surface area contributed by atoms with Crippen LogP contribution in [0.3, 0.4) is 0 Å². The summed E-state index contributed by atoms with van der Waals surface area (Å²) < 4.78 is 2.08. The minimum absolute atomic E-state index is 0.275. The van der Waals surface area contributed by atoms with Crippen molar-refractivity contribution in [1.82, 2.24) is 9.78 Å². The molecule has 0 aliphatic rings. The van der Waals surface area contributed by atoms with Crippen molar-refractivity contribution in [2.75, 3.05) is 0 Å². The van der Waals surface area contributed by atoms with E-state index in [9.17, 15) is 0 Å². The highest BCUT2D eigenvalue weighted by Gasteiger charge is 2.22. The molecule has 0 fully saturated rings. The zero-order chi connectivity index (χ0) is 9.35. The Kier molecular flexibility index (Phi) is 2.27. The molecule has 1 rings (SSSR count). The zero-order valence-corrected chi connectivity index (χ0v) is 8.63. The van der Waals surface area contributed by atoms with Crippen LogP contribution in [-0.4, -0.2) is 9.78 Å². The van der Waals surface area contributed by atoms with Crippen LogP contribution in [0, 0.1) is 12.3 Å². The summed E-state index contributed by atoms with van der Waals surface area (Å²) in [6.45, 7) is 11.0. The van der Waals surface area contributed by atoms with Gasteiger partial charge in [0.15, 0.2) is 0 Å². The third-order valence-corrected chi connectivity index (χ3v) is 2.49. The maximum atomic E-state index is 4.30. The summed E-state index contributed by atoms with van der Waals surface area (Å²) in [6, 6.07) is 2.50. The number of hydrogen-bond donors (Lipinski definition) is 0. The Balaban J connectivity index is 2.92. The quantitative estimate of drug-likeness (QED) is 0.627. The maximum Gasteiger partial charge on any atom is 0.0542 e. The van der Waals surface area contributed by atoms with Gasteiger partial charge in [-0.3, -0.25) is 4.68 Å². The number of rotatable bonds is 1. The molecule has 1 aromatic heterocycles. The van der Waals surface area contributed by atoms with Gasteiger partial charge in [-0.1, -0.05) is 20.8 Å². The molecule has 0 bridgehead atoms. The van der Waals surface area contributed by atoms with E-state index in [0.29, 0.717) is 6.04 Å². The molecule has 0 saturated heterocycles. The Morgan fingerprint density at radius 2 is 2.00 bits per heavy atom. The zero-order valence-electron chi connectivity index (χ0n) is 8.63. The van der Waals surface area contributed by atoms with E-state index in [1.54, 1.807) is 0 Å². The molecule has 1 atom stereocenters. The van der Waals surface area contributed by atoms with Gasteiger partial charge in [-0.15, -0.1) is 0 Å². The SMILES string of the molecule is Cc1ccnn1C(C)C(C)(C)C. The van der Waals surface area contributed by atoms with Gasteiger partial charge in [0.1, 0.15) is 0 Å². The second kappa shape index (κ2) is 2.92. The first kappa shape index (κ1) is 9.30. The first-order chi connectivity index (χ1) is 5.43. The molecule has 0 N–H and O–H groups in total. The van der Waals surface area contributed by atoms with E-state index in [1.165, 1.54) is 5.69 Å². The Morgan fingerprint density at radius 3 is 2.33 bits per heavy atom. The van der Waals surface area contributed by atoms with Crippen molar-refractivity contribution in [1.29, 1.82) is 0 Å².